The van der Waals surface area contributed by atoms with Crippen molar-refractivity contribution in [2.24, 2.45) is 5.92 Å². The zero-order valence-electron chi connectivity index (χ0n) is 14.7. The van der Waals surface area contributed by atoms with Crippen molar-refractivity contribution in [2.75, 3.05) is 42.3 Å². The zero-order chi connectivity index (χ0) is 18.8. The highest BCUT2D eigenvalue weighted by atomic mass is 16.6. The molecule has 2 aromatic rings. The molecule has 1 aromatic carbocycles. The monoisotopic (exact) mass is 371 g/mol. The van der Waals surface area contributed by atoms with Gasteiger partial charge in [0.15, 0.2) is 23.1 Å². The summed E-state index contributed by atoms with van der Waals surface area (Å²) in [7, 11) is 0. The number of piperidine rings is 1. The summed E-state index contributed by atoms with van der Waals surface area (Å²) in [6.07, 6.45) is 2.60. The van der Waals surface area contributed by atoms with Crippen molar-refractivity contribution in [2.45, 2.75) is 12.8 Å². The van der Waals surface area contributed by atoms with Crippen LogP contribution in [0.1, 0.15) is 12.8 Å². The fraction of sp³-hybridized carbons (Fsp3) is 0.389. The number of aromatic nitrogens is 2. The minimum absolute atomic E-state index is 0.306. The molecule has 1 aromatic heterocycles. The molecular weight excluding hydrogens is 350 g/mol. The number of nitrogen functional groups attached to an aromatic ring is 1. The Kier molecular flexibility index (Phi) is 4.57. The minimum Gasteiger partial charge on any atom is -0.486 e. The lowest BCUT2D eigenvalue weighted by Gasteiger charge is -2.31. The van der Waals surface area contributed by atoms with Crippen LogP contribution < -0.4 is 25.4 Å². The van der Waals surface area contributed by atoms with Crippen molar-refractivity contribution in [3.8, 4) is 11.5 Å². The Morgan fingerprint density at radius 3 is 2.67 bits per heavy atom. The third kappa shape index (κ3) is 3.53. The normalized spacial score (nSPS) is 16.8. The summed E-state index contributed by atoms with van der Waals surface area (Å²) in [4.78, 5) is 21.7. The summed E-state index contributed by atoms with van der Waals surface area (Å²) in [6, 6.07) is 5.55. The molecule has 0 radical (unpaired) electrons. The molecule has 2 aliphatic heterocycles. The molecule has 0 saturated carbocycles. The van der Waals surface area contributed by atoms with Gasteiger partial charge < -0.3 is 30.5 Å². The molecule has 9 heteroatoms. The molecule has 0 unspecified atom stereocenters. The predicted molar refractivity (Wildman–Crippen MR) is 99.7 cm³/mol. The third-order valence-corrected chi connectivity index (χ3v) is 4.81. The quantitative estimate of drug-likeness (QED) is 0.739. The van der Waals surface area contributed by atoms with E-state index in [4.69, 9.17) is 20.3 Å². The lowest BCUT2D eigenvalue weighted by atomic mass is 9.97. The summed E-state index contributed by atoms with van der Waals surface area (Å²) in [6.45, 7) is 2.26. The summed E-state index contributed by atoms with van der Waals surface area (Å²) >= 11 is 0. The summed E-state index contributed by atoms with van der Waals surface area (Å²) < 4.78 is 11.1. The Balaban J connectivity index is 1.51. The maximum absolute atomic E-state index is 11.1. The number of anilines is 4. The number of nitrogens with zero attached hydrogens (tertiary/aromatic N) is 3. The van der Waals surface area contributed by atoms with E-state index < -0.39 is 5.97 Å². The Labute approximate surface area is 156 Å². The van der Waals surface area contributed by atoms with Crippen LogP contribution in [0.15, 0.2) is 24.5 Å². The highest BCUT2D eigenvalue weighted by Gasteiger charge is 2.26. The summed E-state index contributed by atoms with van der Waals surface area (Å²) in [5, 5.41) is 12.3. The van der Waals surface area contributed by atoms with Gasteiger partial charge in [-0.2, -0.15) is 0 Å². The van der Waals surface area contributed by atoms with E-state index in [0.717, 1.165) is 5.69 Å². The third-order valence-electron chi connectivity index (χ3n) is 4.81. The molecule has 3 heterocycles. The molecule has 1 saturated heterocycles. The van der Waals surface area contributed by atoms with Crippen LogP contribution >= 0.6 is 0 Å². The Bertz CT molecular complexity index is 852. The first kappa shape index (κ1) is 17.2. The van der Waals surface area contributed by atoms with Crippen LogP contribution in [0.3, 0.4) is 0 Å². The van der Waals surface area contributed by atoms with Crippen LogP contribution in [-0.4, -0.2) is 47.3 Å². The van der Waals surface area contributed by atoms with E-state index in [2.05, 4.69) is 15.3 Å². The van der Waals surface area contributed by atoms with Gasteiger partial charge in [0.05, 0.1) is 5.92 Å². The van der Waals surface area contributed by atoms with Crippen molar-refractivity contribution < 1.29 is 19.4 Å². The lowest BCUT2D eigenvalue weighted by molar-refractivity contribution is -0.142. The molecule has 0 atom stereocenters. The van der Waals surface area contributed by atoms with Gasteiger partial charge in [0.1, 0.15) is 25.2 Å². The van der Waals surface area contributed by atoms with E-state index in [1.807, 2.05) is 23.1 Å². The van der Waals surface area contributed by atoms with Gasteiger partial charge in [0.25, 0.3) is 0 Å². The lowest BCUT2D eigenvalue weighted by Crippen LogP contribution is -2.37. The van der Waals surface area contributed by atoms with Crippen LogP contribution in [0.5, 0.6) is 11.5 Å². The Morgan fingerprint density at radius 1 is 1.19 bits per heavy atom. The summed E-state index contributed by atoms with van der Waals surface area (Å²) in [5.41, 5.74) is 7.50. The molecule has 0 aliphatic carbocycles. The molecular formula is C18H21N5O4. The molecule has 4 rings (SSSR count). The van der Waals surface area contributed by atoms with Gasteiger partial charge in [-0.25, -0.2) is 9.97 Å². The molecule has 27 heavy (non-hydrogen) atoms. The number of hydrogen-bond donors (Lipinski definition) is 3. The highest BCUT2D eigenvalue weighted by Crippen LogP contribution is 2.35. The molecule has 2 aliphatic rings. The number of carbonyl (C=O) groups is 1. The largest absolute Gasteiger partial charge is 0.486 e. The first-order chi connectivity index (χ1) is 13.1. The van der Waals surface area contributed by atoms with E-state index in [1.165, 1.54) is 6.33 Å². The zero-order valence-corrected chi connectivity index (χ0v) is 14.7. The molecule has 4 N–H and O–H groups in total. The van der Waals surface area contributed by atoms with E-state index in [-0.39, 0.29) is 5.92 Å². The van der Waals surface area contributed by atoms with Gasteiger partial charge in [-0.05, 0) is 25.0 Å². The first-order valence-electron chi connectivity index (χ1n) is 8.86. The number of carboxylic acid groups (broad SMARTS) is 1. The topological polar surface area (TPSA) is 123 Å². The van der Waals surface area contributed by atoms with Crippen LogP contribution in [0.4, 0.5) is 23.0 Å². The fourth-order valence-corrected chi connectivity index (χ4v) is 3.33. The number of fused-ring (bicyclic) bond motifs is 1. The van der Waals surface area contributed by atoms with Crippen molar-refractivity contribution >= 4 is 29.0 Å². The van der Waals surface area contributed by atoms with E-state index in [0.29, 0.717) is 68.0 Å². The van der Waals surface area contributed by atoms with Crippen LogP contribution in [0, 0.1) is 5.92 Å². The first-order valence-corrected chi connectivity index (χ1v) is 8.86. The minimum atomic E-state index is -0.744. The van der Waals surface area contributed by atoms with E-state index in [1.54, 1.807) is 0 Å². The number of nitrogens with one attached hydrogen (secondary N) is 1. The maximum Gasteiger partial charge on any atom is 0.306 e. The number of rotatable bonds is 4. The SMILES string of the molecule is Nc1c(Nc2ccc3c(c2)OCCO3)ncnc1N1CCC(C(=O)O)CC1. The number of ether oxygens (including phenoxy) is 2. The molecule has 0 bridgehead atoms. The standard InChI is InChI=1S/C18H21N5O4/c19-15-16(22-12-1-2-13-14(9-12)27-8-7-26-13)20-10-21-17(15)23-5-3-11(4-6-23)18(24)25/h1-2,9-11H,3-8,19H2,(H,24,25)(H,20,21,22). The molecule has 1 fully saturated rings. The molecule has 142 valence electrons. The number of nitrogens with two attached hydrogens (primary N) is 1. The predicted octanol–water partition coefficient (Wildman–Crippen LogP) is 1.87. The van der Waals surface area contributed by atoms with Crippen molar-refractivity contribution in [1.29, 1.82) is 0 Å². The van der Waals surface area contributed by atoms with Gasteiger partial charge in [-0.15, -0.1) is 0 Å². The number of hydrogen-bond acceptors (Lipinski definition) is 8. The Hall–Kier alpha value is -3.23. The number of benzene rings is 1. The maximum atomic E-state index is 11.1. The van der Waals surface area contributed by atoms with Crippen LogP contribution in [-0.2, 0) is 4.79 Å². The van der Waals surface area contributed by atoms with E-state index >= 15 is 0 Å². The van der Waals surface area contributed by atoms with Crippen LogP contribution in [0.25, 0.3) is 0 Å². The van der Waals surface area contributed by atoms with Gasteiger partial charge >= 0.3 is 5.97 Å². The van der Waals surface area contributed by atoms with Gasteiger partial charge in [0, 0.05) is 24.8 Å². The van der Waals surface area contributed by atoms with Crippen LogP contribution in [0.2, 0.25) is 0 Å². The molecule has 9 nitrogen and oxygen atoms in total. The molecule has 0 amide bonds. The van der Waals surface area contributed by atoms with Gasteiger partial charge in [-0.1, -0.05) is 0 Å². The highest BCUT2D eigenvalue weighted by molar-refractivity contribution is 5.79. The van der Waals surface area contributed by atoms with Crippen molar-refractivity contribution in [3.05, 3.63) is 24.5 Å². The number of carboxylic acids is 1. The van der Waals surface area contributed by atoms with E-state index in [9.17, 15) is 4.79 Å². The average molecular weight is 371 g/mol. The smallest absolute Gasteiger partial charge is 0.306 e. The second-order valence-corrected chi connectivity index (χ2v) is 6.54. The Morgan fingerprint density at radius 2 is 1.93 bits per heavy atom. The molecule has 0 spiro atoms. The summed E-state index contributed by atoms with van der Waals surface area (Å²) in [5.74, 6) is 1.45. The van der Waals surface area contributed by atoms with Crippen molar-refractivity contribution in [1.82, 2.24) is 9.97 Å². The average Bonchev–Trinajstić information content (AvgIpc) is 2.69. The van der Waals surface area contributed by atoms with Gasteiger partial charge in [0.2, 0.25) is 0 Å². The number of aliphatic carboxylic acids is 1. The van der Waals surface area contributed by atoms with Crippen molar-refractivity contribution in [3.63, 3.8) is 0 Å². The second kappa shape index (κ2) is 7.18. The second-order valence-electron chi connectivity index (χ2n) is 6.54. The fourth-order valence-electron chi connectivity index (χ4n) is 3.33. The van der Waals surface area contributed by atoms with Gasteiger partial charge in [-0.3, -0.25) is 4.79 Å².